The van der Waals surface area contributed by atoms with E-state index in [-0.39, 0.29) is 43.1 Å². The Kier molecular flexibility index (Phi) is 5.15. The van der Waals surface area contributed by atoms with Gasteiger partial charge >= 0.3 is 12.2 Å². The van der Waals surface area contributed by atoms with Crippen molar-refractivity contribution < 1.29 is 27.6 Å². The number of nitrogens with zero attached hydrogens (tertiary/aromatic N) is 2. The molecule has 0 radical (unpaired) electrons. The van der Waals surface area contributed by atoms with Crippen LogP contribution in [0.25, 0.3) is 0 Å². The van der Waals surface area contributed by atoms with E-state index in [0.717, 1.165) is 6.07 Å². The molecule has 1 fully saturated rings. The van der Waals surface area contributed by atoms with Gasteiger partial charge < -0.3 is 15.0 Å². The number of urea groups is 1. The van der Waals surface area contributed by atoms with Gasteiger partial charge in [0.1, 0.15) is 5.75 Å². The molecule has 0 aliphatic carbocycles. The number of amides is 2. The van der Waals surface area contributed by atoms with Crippen molar-refractivity contribution in [1.29, 1.82) is 0 Å². The summed E-state index contributed by atoms with van der Waals surface area (Å²) in [4.78, 5) is 23.6. The topological polar surface area (TPSA) is 84.7 Å². The molecule has 7 nitrogen and oxygen atoms in total. The number of piperidine rings is 1. The molecule has 1 aliphatic heterocycles. The molecule has 0 atom stereocenters. The monoisotopic (exact) mass is 347 g/mol. The van der Waals surface area contributed by atoms with Crippen LogP contribution in [0.4, 0.5) is 29.3 Å². The number of methoxy groups -OCH3 is 1. The molecule has 132 valence electrons. The first-order valence-corrected chi connectivity index (χ1v) is 7.17. The van der Waals surface area contributed by atoms with Crippen LogP contribution in [0.3, 0.4) is 0 Å². The standard InChI is InChI=1S/C14H16F3N3O4/c1-24-12-8-10(20(22)23)2-3-11(12)18-13(21)19-6-4-9(5-7-19)14(15,16)17/h2-3,8-9H,4-7H2,1H3,(H,18,21). The number of hydrogen-bond donors (Lipinski definition) is 1. The van der Waals surface area contributed by atoms with E-state index in [9.17, 15) is 28.1 Å². The van der Waals surface area contributed by atoms with Crippen LogP contribution in [0, 0.1) is 16.0 Å². The molecule has 1 aromatic carbocycles. The molecule has 1 N–H and O–H groups in total. The summed E-state index contributed by atoms with van der Waals surface area (Å²) in [7, 11) is 1.30. The van der Waals surface area contributed by atoms with Crippen LogP contribution >= 0.6 is 0 Å². The number of benzene rings is 1. The van der Waals surface area contributed by atoms with Crippen molar-refractivity contribution in [2.24, 2.45) is 5.92 Å². The molecular weight excluding hydrogens is 331 g/mol. The second kappa shape index (κ2) is 6.93. The van der Waals surface area contributed by atoms with E-state index in [1.165, 1.54) is 24.1 Å². The van der Waals surface area contributed by atoms with Crippen molar-refractivity contribution in [1.82, 2.24) is 4.90 Å². The molecule has 2 rings (SSSR count). The molecule has 1 saturated heterocycles. The average Bonchev–Trinajstić information content (AvgIpc) is 2.54. The Morgan fingerprint density at radius 2 is 2.00 bits per heavy atom. The van der Waals surface area contributed by atoms with Gasteiger partial charge in [-0.1, -0.05) is 0 Å². The number of halogens is 3. The summed E-state index contributed by atoms with van der Waals surface area (Å²) in [6, 6.07) is 3.11. The predicted molar refractivity (Wildman–Crippen MR) is 79.0 cm³/mol. The van der Waals surface area contributed by atoms with Crippen molar-refractivity contribution in [2.45, 2.75) is 19.0 Å². The highest BCUT2D eigenvalue weighted by Gasteiger charge is 2.41. The lowest BCUT2D eigenvalue weighted by atomic mass is 9.96. The number of carbonyl (C=O) groups is 1. The minimum atomic E-state index is -4.25. The second-order valence-corrected chi connectivity index (χ2v) is 5.37. The summed E-state index contributed by atoms with van der Waals surface area (Å²) in [5.41, 5.74) is 0.0156. The summed E-state index contributed by atoms with van der Waals surface area (Å²) >= 11 is 0. The Labute approximate surface area is 135 Å². The third kappa shape index (κ3) is 4.06. The highest BCUT2D eigenvalue weighted by Crippen LogP contribution is 2.34. The number of rotatable bonds is 3. The molecular formula is C14H16F3N3O4. The van der Waals surface area contributed by atoms with E-state index in [1.807, 2.05) is 0 Å². The van der Waals surface area contributed by atoms with Gasteiger partial charge in [0.05, 0.1) is 29.7 Å². The van der Waals surface area contributed by atoms with Crippen molar-refractivity contribution in [3.63, 3.8) is 0 Å². The zero-order valence-electron chi connectivity index (χ0n) is 12.8. The molecule has 2 amide bonds. The number of nitro benzene ring substituents is 1. The number of nitro groups is 1. The molecule has 0 bridgehead atoms. The van der Waals surface area contributed by atoms with Gasteiger partial charge in [0.2, 0.25) is 0 Å². The predicted octanol–water partition coefficient (Wildman–Crippen LogP) is 3.41. The van der Waals surface area contributed by atoms with Gasteiger partial charge in [0.15, 0.2) is 0 Å². The Morgan fingerprint density at radius 3 is 2.50 bits per heavy atom. The van der Waals surface area contributed by atoms with Crippen molar-refractivity contribution >= 4 is 17.4 Å². The van der Waals surface area contributed by atoms with E-state index in [2.05, 4.69) is 5.32 Å². The fourth-order valence-corrected chi connectivity index (χ4v) is 2.50. The fraction of sp³-hybridized carbons (Fsp3) is 0.500. The summed E-state index contributed by atoms with van der Waals surface area (Å²) in [5.74, 6) is -1.29. The number of nitrogens with one attached hydrogen (secondary N) is 1. The number of hydrogen-bond acceptors (Lipinski definition) is 4. The van der Waals surface area contributed by atoms with Gasteiger partial charge in [-0.05, 0) is 18.9 Å². The Bertz CT molecular complexity index is 628. The molecule has 0 unspecified atom stereocenters. The maximum Gasteiger partial charge on any atom is 0.391 e. The number of ether oxygens (including phenoxy) is 1. The maximum atomic E-state index is 12.6. The molecule has 0 aromatic heterocycles. The largest absolute Gasteiger partial charge is 0.494 e. The number of alkyl halides is 3. The van der Waals surface area contributed by atoms with Crippen LogP contribution in [-0.2, 0) is 0 Å². The van der Waals surface area contributed by atoms with Crippen LogP contribution in [0.5, 0.6) is 5.75 Å². The normalized spacial score (nSPS) is 15.9. The molecule has 1 aromatic rings. The van der Waals surface area contributed by atoms with Gasteiger partial charge in [-0.2, -0.15) is 13.2 Å². The third-order valence-electron chi connectivity index (χ3n) is 3.88. The first-order chi connectivity index (χ1) is 11.2. The van der Waals surface area contributed by atoms with Crippen LogP contribution in [0.2, 0.25) is 0 Å². The minimum Gasteiger partial charge on any atom is -0.494 e. The first kappa shape index (κ1) is 17.8. The fourth-order valence-electron chi connectivity index (χ4n) is 2.50. The zero-order valence-corrected chi connectivity index (χ0v) is 12.8. The maximum absolute atomic E-state index is 12.6. The Balaban J connectivity index is 2.02. The van der Waals surface area contributed by atoms with E-state index in [0.29, 0.717) is 0 Å². The van der Waals surface area contributed by atoms with Gasteiger partial charge in [-0.15, -0.1) is 0 Å². The highest BCUT2D eigenvalue weighted by molar-refractivity contribution is 5.91. The summed E-state index contributed by atoms with van der Waals surface area (Å²) in [6.07, 6.45) is -4.53. The van der Waals surface area contributed by atoms with Crippen molar-refractivity contribution in [3.05, 3.63) is 28.3 Å². The molecule has 10 heteroatoms. The lowest BCUT2D eigenvalue weighted by Gasteiger charge is -2.32. The number of non-ortho nitro benzene ring substituents is 1. The van der Waals surface area contributed by atoms with Crippen LogP contribution in [0.1, 0.15) is 12.8 Å². The molecule has 1 aliphatic rings. The van der Waals surface area contributed by atoms with Gasteiger partial charge in [0, 0.05) is 19.2 Å². The Morgan fingerprint density at radius 1 is 1.38 bits per heavy atom. The van der Waals surface area contributed by atoms with E-state index in [4.69, 9.17) is 4.74 Å². The SMILES string of the molecule is COc1cc([N+](=O)[O-])ccc1NC(=O)N1CCC(C(F)(F)F)CC1. The van der Waals surface area contributed by atoms with E-state index < -0.39 is 23.0 Å². The molecule has 0 spiro atoms. The van der Waals surface area contributed by atoms with Crippen LogP contribution in [0.15, 0.2) is 18.2 Å². The molecule has 24 heavy (non-hydrogen) atoms. The number of anilines is 1. The first-order valence-electron chi connectivity index (χ1n) is 7.17. The second-order valence-electron chi connectivity index (χ2n) is 5.37. The minimum absolute atomic E-state index is 0.00862. The third-order valence-corrected chi connectivity index (χ3v) is 3.88. The van der Waals surface area contributed by atoms with Crippen molar-refractivity contribution in [2.75, 3.05) is 25.5 Å². The van der Waals surface area contributed by atoms with Gasteiger partial charge in [-0.3, -0.25) is 10.1 Å². The van der Waals surface area contributed by atoms with Crippen molar-refractivity contribution in [3.8, 4) is 5.75 Å². The summed E-state index contributed by atoms with van der Waals surface area (Å²) in [5, 5.41) is 13.2. The van der Waals surface area contributed by atoms with Gasteiger partial charge in [0.25, 0.3) is 5.69 Å². The summed E-state index contributed by atoms with van der Waals surface area (Å²) in [6.45, 7) is -0.0172. The lowest BCUT2D eigenvalue weighted by molar-refractivity contribution is -0.384. The van der Waals surface area contributed by atoms with Crippen LogP contribution < -0.4 is 10.1 Å². The number of likely N-dealkylation sites (tertiary alicyclic amines) is 1. The molecule has 0 saturated carbocycles. The van der Waals surface area contributed by atoms with E-state index in [1.54, 1.807) is 0 Å². The summed E-state index contributed by atoms with van der Waals surface area (Å²) < 4.78 is 42.9. The zero-order chi connectivity index (χ0) is 17.9. The smallest absolute Gasteiger partial charge is 0.391 e. The van der Waals surface area contributed by atoms with Gasteiger partial charge in [-0.25, -0.2) is 4.79 Å². The highest BCUT2D eigenvalue weighted by atomic mass is 19.4. The quantitative estimate of drug-likeness (QED) is 0.671. The lowest BCUT2D eigenvalue weighted by Crippen LogP contribution is -2.44. The molecule has 1 heterocycles. The number of carbonyl (C=O) groups excluding carboxylic acids is 1. The van der Waals surface area contributed by atoms with Crippen LogP contribution in [-0.4, -0.2) is 42.2 Å². The average molecular weight is 347 g/mol. The van der Waals surface area contributed by atoms with E-state index >= 15 is 0 Å². The Hall–Kier alpha value is -2.52.